The van der Waals surface area contributed by atoms with Crippen LogP contribution in [0.3, 0.4) is 0 Å². The van der Waals surface area contributed by atoms with Gasteiger partial charge < -0.3 is 14.2 Å². The van der Waals surface area contributed by atoms with Crippen molar-refractivity contribution in [2.75, 3.05) is 13.0 Å². The van der Waals surface area contributed by atoms with Gasteiger partial charge in [-0.3, -0.25) is 4.79 Å². The van der Waals surface area contributed by atoms with Crippen LogP contribution in [0.25, 0.3) is 0 Å². The Morgan fingerprint density at radius 2 is 2.12 bits per heavy atom. The largest absolute Gasteiger partial charge is 0.497 e. The lowest BCUT2D eigenvalue weighted by molar-refractivity contribution is -0.142. The van der Waals surface area contributed by atoms with Crippen molar-refractivity contribution in [1.29, 1.82) is 0 Å². The lowest BCUT2D eigenvalue weighted by Crippen LogP contribution is -2.12. The molecule has 1 fully saturated rings. The lowest BCUT2D eigenvalue weighted by Gasteiger charge is -2.11. The number of carbonyl (C=O) groups is 2. The van der Waals surface area contributed by atoms with Gasteiger partial charge in [0.15, 0.2) is 0 Å². The number of carbonyl (C=O) groups excluding carboxylic acids is 2. The summed E-state index contributed by atoms with van der Waals surface area (Å²) in [5, 5.41) is 0. The van der Waals surface area contributed by atoms with Gasteiger partial charge in [0, 0.05) is 17.9 Å². The average Bonchev–Trinajstić information content (AvgIpc) is 3.01. The van der Waals surface area contributed by atoms with Gasteiger partial charge in [0.2, 0.25) is 0 Å². The highest BCUT2D eigenvalue weighted by molar-refractivity contribution is 6.17. The summed E-state index contributed by atoms with van der Waals surface area (Å²) in [4.78, 5) is 23.5. The Morgan fingerprint density at radius 3 is 2.71 bits per heavy atom. The van der Waals surface area contributed by atoms with E-state index in [9.17, 15) is 9.59 Å². The summed E-state index contributed by atoms with van der Waals surface area (Å²) in [5.41, 5.74) is 1.37. The van der Waals surface area contributed by atoms with Crippen molar-refractivity contribution in [1.82, 2.24) is 0 Å². The summed E-state index contributed by atoms with van der Waals surface area (Å²) in [6, 6.07) is 7.30. The van der Waals surface area contributed by atoms with E-state index in [1.165, 1.54) is 0 Å². The molecule has 0 unspecified atom stereocenters. The molecule has 0 radical (unpaired) electrons. The molecule has 6 heteroatoms. The van der Waals surface area contributed by atoms with Crippen molar-refractivity contribution in [3.63, 3.8) is 0 Å². The minimum absolute atomic E-state index is 0.172. The zero-order valence-electron chi connectivity index (χ0n) is 13.6. The molecule has 0 saturated carbocycles. The molecule has 0 aliphatic carbocycles. The van der Waals surface area contributed by atoms with Crippen LogP contribution in [0.4, 0.5) is 0 Å². The van der Waals surface area contributed by atoms with Gasteiger partial charge in [0.1, 0.15) is 18.5 Å². The first-order valence-electron chi connectivity index (χ1n) is 7.88. The van der Waals surface area contributed by atoms with Gasteiger partial charge >= 0.3 is 11.9 Å². The number of methoxy groups -OCH3 is 1. The Bertz CT molecular complexity index is 594. The average molecular weight is 353 g/mol. The van der Waals surface area contributed by atoms with E-state index in [-0.39, 0.29) is 18.7 Å². The molecule has 0 aromatic heterocycles. The van der Waals surface area contributed by atoms with Gasteiger partial charge in [-0.15, -0.1) is 11.6 Å². The molecule has 0 amide bonds. The number of esters is 2. The fourth-order valence-corrected chi connectivity index (χ4v) is 2.50. The van der Waals surface area contributed by atoms with Crippen molar-refractivity contribution in [2.45, 2.75) is 38.4 Å². The molecule has 0 N–H and O–H groups in total. The Hall–Kier alpha value is -2.01. The maximum atomic E-state index is 12.3. The van der Waals surface area contributed by atoms with Gasteiger partial charge in [0.05, 0.1) is 7.11 Å². The zero-order valence-corrected chi connectivity index (χ0v) is 14.4. The summed E-state index contributed by atoms with van der Waals surface area (Å²) < 4.78 is 15.6. The lowest BCUT2D eigenvalue weighted by atomic mass is 10.1. The first kappa shape index (κ1) is 18.3. The van der Waals surface area contributed by atoms with Crippen molar-refractivity contribution in [3.05, 3.63) is 41.5 Å². The topological polar surface area (TPSA) is 61.8 Å². The number of alkyl halides is 1. The van der Waals surface area contributed by atoms with Crippen LogP contribution in [0, 0.1) is 0 Å². The third kappa shape index (κ3) is 5.57. The number of hydrogen-bond acceptors (Lipinski definition) is 5. The second kappa shape index (κ2) is 9.33. The summed E-state index contributed by atoms with van der Waals surface area (Å²) in [5.74, 6) is 0.558. The van der Waals surface area contributed by atoms with Crippen LogP contribution in [0.1, 0.15) is 31.2 Å². The van der Waals surface area contributed by atoms with Crippen molar-refractivity contribution < 1.29 is 23.8 Å². The van der Waals surface area contributed by atoms with Crippen molar-refractivity contribution >= 4 is 23.5 Å². The van der Waals surface area contributed by atoms with Crippen LogP contribution < -0.4 is 4.74 Å². The Labute approximate surface area is 146 Å². The van der Waals surface area contributed by atoms with Gasteiger partial charge in [-0.25, -0.2) is 4.79 Å². The quantitative estimate of drug-likeness (QED) is 0.407. The molecule has 130 valence electrons. The van der Waals surface area contributed by atoms with E-state index < -0.39 is 5.97 Å². The molecule has 1 aromatic carbocycles. The standard InChI is InChI=1S/C18H21ClO5/c1-22-15-6-4-13(5-7-15)12-23-18(21)14(3-2-10-19)11-16-8-9-17(20)24-16/h4-7,11,16H,2-3,8-10,12H2,1H3/b14-11+/t16-/m1/s1. The maximum absolute atomic E-state index is 12.3. The fourth-order valence-electron chi connectivity index (χ4n) is 2.36. The molecular formula is C18H21ClO5. The number of benzene rings is 1. The third-order valence-corrected chi connectivity index (χ3v) is 3.94. The summed E-state index contributed by atoms with van der Waals surface area (Å²) in [6.45, 7) is 0.172. The first-order chi connectivity index (χ1) is 11.6. The molecule has 1 heterocycles. The monoisotopic (exact) mass is 352 g/mol. The SMILES string of the molecule is COc1ccc(COC(=O)/C(=C/[C@H]2CCC(=O)O2)CCCCl)cc1. The number of cyclic esters (lactones) is 1. The van der Waals surface area contributed by atoms with Gasteiger partial charge in [-0.05, 0) is 43.0 Å². The molecule has 1 aliphatic heterocycles. The number of halogens is 1. The predicted molar refractivity (Wildman–Crippen MR) is 89.9 cm³/mol. The van der Waals surface area contributed by atoms with Crippen LogP contribution in [-0.2, 0) is 25.7 Å². The minimum atomic E-state index is -0.404. The van der Waals surface area contributed by atoms with E-state index in [0.717, 1.165) is 11.3 Å². The van der Waals surface area contributed by atoms with Crippen molar-refractivity contribution in [2.24, 2.45) is 0 Å². The van der Waals surface area contributed by atoms with E-state index in [1.54, 1.807) is 13.2 Å². The van der Waals surface area contributed by atoms with Gasteiger partial charge in [0.25, 0.3) is 0 Å². The van der Waals surface area contributed by atoms with Gasteiger partial charge in [-0.1, -0.05) is 12.1 Å². The third-order valence-electron chi connectivity index (χ3n) is 3.67. The molecule has 1 aliphatic rings. The Balaban J connectivity index is 1.95. The molecule has 1 saturated heterocycles. The number of rotatable bonds is 8. The molecule has 5 nitrogen and oxygen atoms in total. The summed E-state index contributed by atoms with van der Waals surface area (Å²) in [7, 11) is 1.60. The first-order valence-corrected chi connectivity index (χ1v) is 8.42. The Morgan fingerprint density at radius 1 is 1.38 bits per heavy atom. The van der Waals surface area contributed by atoms with Crippen LogP contribution in [0.5, 0.6) is 5.75 Å². The molecular weight excluding hydrogens is 332 g/mol. The smallest absolute Gasteiger partial charge is 0.334 e. The van der Waals surface area contributed by atoms with E-state index in [0.29, 0.717) is 37.1 Å². The maximum Gasteiger partial charge on any atom is 0.334 e. The minimum Gasteiger partial charge on any atom is -0.497 e. The van der Waals surface area contributed by atoms with Crippen LogP contribution >= 0.6 is 11.6 Å². The molecule has 0 bridgehead atoms. The van der Waals surface area contributed by atoms with E-state index in [1.807, 2.05) is 24.3 Å². The van der Waals surface area contributed by atoms with Crippen molar-refractivity contribution in [3.8, 4) is 5.75 Å². The summed E-state index contributed by atoms with van der Waals surface area (Å²) >= 11 is 5.72. The highest BCUT2D eigenvalue weighted by Gasteiger charge is 2.23. The highest BCUT2D eigenvalue weighted by atomic mass is 35.5. The van der Waals surface area contributed by atoms with E-state index >= 15 is 0 Å². The number of hydrogen-bond donors (Lipinski definition) is 0. The second-order valence-electron chi connectivity index (χ2n) is 5.48. The van der Waals surface area contributed by atoms with E-state index in [2.05, 4.69) is 0 Å². The van der Waals surface area contributed by atoms with Crippen LogP contribution in [0.15, 0.2) is 35.9 Å². The van der Waals surface area contributed by atoms with E-state index in [4.69, 9.17) is 25.8 Å². The normalized spacial score (nSPS) is 17.5. The highest BCUT2D eigenvalue weighted by Crippen LogP contribution is 2.20. The van der Waals surface area contributed by atoms with Crippen LogP contribution in [0.2, 0.25) is 0 Å². The van der Waals surface area contributed by atoms with Crippen LogP contribution in [-0.4, -0.2) is 31.0 Å². The second-order valence-corrected chi connectivity index (χ2v) is 5.85. The fraction of sp³-hybridized carbons (Fsp3) is 0.444. The predicted octanol–water partition coefficient (Wildman–Crippen LogP) is 3.39. The Kier molecular flexibility index (Phi) is 7.12. The number of ether oxygens (including phenoxy) is 3. The van der Waals surface area contributed by atoms with Gasteiger partial charge in [-0.2, -0.15) is 0 Å². The molecule has 0 spiro atoms. The molecule has 24 heavy (non-hydrogen) atoms. The summed E-state index contributed by atoms with van der Waals surface area (Å²) in [6.07, 6.45) is 3.47. The molecule has 1 atom stereocenters. The molecule has 2 rings (SSSR count). The molecule has 1 aromatic rings. The zero-order chi connectivity index (χ0) is 17.4.